The highest BCUT2D eigenvalue weighted by Crippen LogP contribution is 2.37. The minimum absolute atomic E-state index is 0.588. The molecule has 0 atom stereocenters. The van der Waals surface area contributed by atoms with Crippen molar-refractivity contribution in [3.63, 3.8) is 0 Å². The van der Waals surface area contributed by atoms with E-state index in [1.807, 2.05) is 24.3 Å². The van der Waals surface area contributed by atoms with Gasteiger partial charge in [0, 0.05) is 18.8 Å². The lowest BCUT2D eigenvalue weighted by atomic mass is 10.1. The summed E-state index contributed by atoms with van der Waals surface area (Å²) >= 11 is 12.3. The van der Waals surface area contributed by atoms with Gasteiger partial charge in [-0.2, -0.15) is 0 Å². The molecule has 0 fully saturated rings. The molecule has 1 aliphatic rings. The van der Waals surface area contributed by atoms with Gasteiger partial charge in [0.2, 0.25) is 0 Å². The first-order chi connectivity index (χ1) is 8.65. The smallest absolute Gasteiger partial charge is 0.0825 e. The molecule has 2 aromatic rings. The Morgan fingerprint density at radius 2 is 1.78 bits per heavy atom. The molecule has 0 aromatic heterocycles. The highest BCUT2D eigenvalue weighted by atomic mass is 35.5. The Morgan fingerprint density at radius 3 is 2.61 bits per heavy atom. The van der Waals surface area contributed by atoms with Crippen LogP contribution in [0, 0.1) is 0 Å². The van der Waals surface area contributed by atoms with E-state index in [2.05, 4.69) is 11.0 Å². The van der Waals surface area contributed by atoms with Crippen molar-refractivity contribution in [3.8, 4) is 0 Å². The largest absolute Gasteiger partial charge is 0.399 e. The summed E-state index contributed by atoms with van der Waals surface area (Å²) in [5, 5.41) is 1.20. The molecular formula is C14H12Cl2N2. The van der Waals surface area contributed by atoms with Crippen molar-refractivity contribution < 1.29 is 0 Å². The number of nitrogens with zero attached hydrogens (tertiary/aromatic N) is 1. The monoisotopic (exact) mass is 278 g/mol. The lowest BCUT2D eigenvalue weighted by Crippen LogP contribution is -2.14. The Balaban J connectivity index is 1.96. The van der Waals surface area contributed by atoms with E-state index in [0.29, 0.717) is 10.0 Å². The first-order valence-electron chi connectivity index (χ1n) is 5.71. The first kappa shape index (κ1) is 11.7. The third-order valence-corrected chi connectivity index (χ3v) is 4.03. The number of nitrogens with two attached hydrogens (primary N) is 1. The van der Waals surface area contributed by atoms with Gasteiger partial charge < -0.3 is 10.6 Å². The third kappa shape index (κ3) is 1.92. The first-order valence-corrected chi connectivity index (χ1v) is 6.47. The Morgan fingerprint density at radius 1 is 1.00 bits per heavy atom. The number of hydrogen-bond acceptors (Lipinski definition) is 2. The predicted molar refractivity (Wildman–Crippen MR) is 77.2 cm³/mol. The molecule has 92 valence electrons. The van der Waals surface area contributed by atoms with E-state index < -0.39 is 0 Å². The Labute approximate surface area is 116 Å². The van der Waals surface area contributed by atoms with E-state index in [4.69, 9.17) is 28.9 Å². The molecule has 2 aromatic carbocycles. The molecule has 0 radical (unpaired) electrons. The van der Waals surface area contributed by atoms with Crippen LogP contribution in [-0.4, -0.2) is 0 Å². The molecule has 0 saturated heterocycles. The van der Waals surface area contributed by atoms with Gasteiger partial charge in [-0.3, -0.25) is 0 Å². The zero-order valence-corrected chi connectivity index (χ0v) is 11.2. The van der Waals surface area contributed by atoms with Crippen LogP contribution in [0.1, 0.15) is 11.1 Å². The molecule has 1 heterocycles. The van der Waals surface area contributed by atoms with Gasteiger partial charge in [0.25, 0.3) is 0 Å². The van der Waals surface area contributed by atoms with Crippen molar-refractivity contribution in [1.29, 1.82) is 0 Å². The van der Waals surface area contributed by atoms with E-state index in [9.17, 15) is 0 Å². The Hall–Kier alpha value is -1.38. The molecular weight excluding hydrogens is 267 g/mol. The number of benzene rings is 2. The zero-order valence-electron chi connectivity index (χ0n) is 9.66. The van der Waals surface area contributed by atoms with Crippen LogP contribution < -0.4 is 10.6 Å². The molecule has 0 saturated carbocycles. The molecule has 0 bridgehead atoms. The van der Waals surface area contributed by atoms with Crippen molar-refractivity contribution in [3.05, 3.63) is 57.6 Å². The van der Waals surface area contributed by atoms with Crippen LogP contribution in [0.5, 0.6) is 0 Å². The van der Waals surface area contributed by atoms with Crippen LogP contribution in [-0.2, 0) is 13.1 Å². The second-order valence-corrected chi connectivity index (χ2v) is 5.24. The van der Waals surface area contributed by atoms with Gasteiger partial charge in [-0.1, -0.05) is 35.3 Å². The molecule has 0 unspecified atom stereocenters. The highest BCUT2D eigenvalue weighted by Gasteiger charge is 2.21. The van der Waals surface area contributed by atoms with Crippen LogP contribution in [0.3, 0.4) is 0 Å². The van der Waals surface area contributed by atoms with Crippen LogP contribution in [0.4, 0.5) is 11.4 Å². The van der Waals surface area contributed by atoms with Gasteiger partial charge >= 0.3 is 0 Å². The van der Waals surface area contributed by atoms with Crippen LogP contribution >= 0.6 is 23.2 Å². The lowest BCUT2D eigenvalue weighted by molar-refractivity contribution is 0.881. The van der Waals surface area contributed by atoms with Crippen molar-refractivity contribution in [2.45, 2.75) is 13.1 Å². The van der Waals surface area contributed by atoms with Gasteiger partial charge in [0.15, 0.2) is 0 Å². The second-order valence-electron chi connectivity index (χ2n) is 4.46. The number of anilines is 2. The standard InChI is InChI=1S/C14H12Cl2N2/c15-12-2-1-3-13(14(12)16)18-7-9-4-5-11(17)6-10(9)8-18/h1-6H,7-8,17H2. The number of fused-ring (bicyclic) bond motifs is 1. The fourth-order valence-electron chi connectivity index (χ4n) is 2.32. The molecule has 4 heteroatoms. The molecule has 18 heavy (non-hydrogen) atoms. The summed E-state index contributed by atoms with van der Waals surface area (Å²) in [6.45, 7) is 1.66. The number of nitrogen functional groups attached to an aromatic ring is 1. The number of hydrogen-bond donors (Lipinski definition) is 1. The normalized spacial score (nSPS) is 13.8. The van der Waals surface area contributed by atoms with Crippen LogP contribution in [0.2, 0.25) is 10.0 Å². The van der Waals surface area contributed by atoms with E-state index in [-0.39, 0.29) is 0 Å². The van der Waals surface area contributed by atoms with Crippen molar-refractivity contribution >= 4 is 34.6 Å². The highest BCUT2D eigenvalue weighted by molar-refractivity contribution is 6.43. The Kier molecular flexibility index (Phi) is 2.84. The third-order valence-electron chi connectivity index (χ3n) is 3.22. The quantitative estimate of drug-likeness (QED) is 0.796. The summed E-state index contributed by atoms with van der Waals surface area (Å²) in [6, 6.07) is 11.7. The lowest BCUT2D eigenvalue weighted by Gasteiger charge is -2.19. The second kappa shape index (κ2) is 4.38. The van der Waals surface area contributed by atoms with Gasteiger partial charge in [0.1, 0.15) is 0 Å². The van der Waals surface area contributed by atoms with Gasteiger partial charge in [-0.25, -0.2) is 0 Å². The van der Waals surface area contributed by atoms with Crippen LogP contribution in [0.15, 0.2) is 36.4 Å². The number of halogens is 2. The summed E-state index contributed by atoms with van der Waals surface area (Å²) < 4.78 is 0. The minimum Gasteiger partial charge on any atom is -0.399 e. The minimum atomic E-state index is 0.588. The fourth-order valence-corrected chi connectivity index (χ4v) is 2.74. The van der Waals surface area contributed by atoms with E-state index in [0.717, 1.165) is 24.5 Å². The van der Waals surface area contributed by atoms with Gasteiger partial charge in [-0.05, 0) is 35.4 Å². The van der Waals surface area contributed by atoms with E-state index >= 15 is 0 Å². The molecule has 2 nitrogen and oxygen atoms in total. The summed E-state index contributed by atoms with van der Waals surface area (Å²) in [6.07, 6.45) is 0. The van der Waals surface area contributed by atoms with Crippen molar-refractivity contribution in [2.24, 2.45) is 0 Å². The Bertz CT molecular complexity index is 611. The summed E-state index contributed by atoms with van der Waals surface area (Å²) in [5.74, 6) is 0. The molecule has 1 aliphatic heterocycles. The van der Waals surface area contributed by atoms with E-state index in [1.165, 1.54) is 11.1 Å². The summed E-state index contributed by atoms with van der Waals surface area (Å²) in [4.78, 5) is 2.21. The number of rotatable bonds is 1. The van der Waals surface area contributed by atoms with Gasteiger partial charge in [0.05, 0.1) is 15.7 Å². The molecule has 3 rings (SSSR count). The average molecular weight is 279 g/mol. The topological polar surface area (TPSA) is 29.3 Å². The molecule has 0 amide bonds. The maximum Gasteiger partial charge on any atom is 0.0825 e. The molecule has 2 N–H and O–H groups in total. The SMILES string of the molecule is Nc1ccc2c(c1)CN(c1cccc(Cl)c1Cl)C2. The van der Waals surface area contributed by atoms with Crippen molar-refractivity contribution in [1.82, 2.24) is 0 Å². The van der Waals surface area contributed by atoms with Crippen molar-refractivity contribution in [2.75, 3.05) is 10.6 Å². The zero-order chi connectivity index (χ0) is 12.7. The maximum absolute atomic E-state index is 6.25. The average Bonchev–Trinajstić information content (AvgIpc) is 2.75. The molecule has 0 aliphatic carbocycles. The van der Waals surface area contributed by atoms with Gasteiger partial charge in [-0.15, -0.1) is 0 Å². The molecule has 0 spiro atoms. The predicted octanol–water partition coefficient (Wildman–Crippen LogP) is 4.10. The van der Waals surface area contributed by atoms with Crippen LogP contribution in [0.25, 0.3) is 0 Å². The van der Waals surface area contributed by atoms with E-state index in [1.54, 1.807) is 6.07 Å². The summed E-state index contributed by atoms with van der Waals surface area (Å²) in [7, 11) is 0. The summed E-state index contributed by atoms with van der Waals surface area (Å²) in [5.41, 5.74) is 10.1. The fraction of sp³-hybridized carbons (Fsp3) is 0.143. The maximum atomic E-state index is 6.25.